The van der Waals surface area contributed by atoms with Gasteiger partial charge in [0.1, 0.15) is 5.82 Å². The van der Waals surface area contributed by atoms with Gasteiger partial charge in [-0.3, -0.25) is 0 Å². The lowest BCUT2D eigenvalue weighted by Crippen LogP contribution is -2.16. The van der Waals surface area contributed by atoms with Gasteiger partial charge in [-0.15, -0.1) is 0 Å². The Labute approximate surface area is 180 Å². The highest BCUT2D eigenvalue weighted by molar-refractivity contribution is 7.99. The Morgan fingerprint density at radius 1 is 0.967 bits per heavy atom. The maximum absolute atomic E-state index is 5.91. The number of benzene rings is 2. The van der Waals surface area contributed by atoms with Crippen LogP contribution >= 0.6 is 11.8 Å². The zero-order chi connectivity index (χ0) is 21.1. The molecule has 0 aliphatic carbocycles. The molecule has 0 spiro atoms. The van der Waals surface area contributed by atoms with Gasteiger partial charge >= 0.3 is 0 Å². The molecular formula is C22H25N7S. The highest BCUT2D eigenvalue weighted by atomic mass is 32.2. The Hall–Kier alpha value is -3.13. The molecule has 4 aromatic rings. The van der Waals surface area contributed by atoms with E-state index in [-0.39, 0.29) is 11.2 Å². The predicted molar refractivity (Wildman–Crippen MR) is 123 cm³/mol. The highest BCUT2D eigenvalue weighted by Crippen LogP contribution is 2.35. The number of thioether (sulfide) groups is 1. The summed E-state index contributed by atoms with van der Waals surface area (Å²) in [5, 5.41) is 0.923. The molecule has 4 rings (SSSR count). The SMILES string of the molecule is CC(Sc1nc2ccccc2n1CCc1ccccc1)c1nc(N)nc(N(C)C)n1. The van der Waals surface area contributed by atoms with Gasteiger partial charge in [-0.05, 0) is 31.0 Å². The predicted octanol–water partition coefficient (Wildman–Crippen LogP) is 3.97. The van der Waals surface area contributed by atoms with Crippen LogP contribution in [0, 0.1) is 0 Å². The summed E-state index contributed by atoms with van der Waals surface area (Å²) in [6, 6.07) is 18.7. The van der Waals surface area contributed by atoms with Crippen molar-refractivity contribution in [1.82, 2.24) is 24.5 Å². The van der Waals surface area contributed by atoms with E-state index in [2.05, 4.69) is 62.8 Å². The molecule has 1 unspecified atom stereocenters. The molecule has 8 heteroatoms. The summed E-state index contributed by atoms with van der Waals surface area (Å²) in [5.41, 5.74) is 9.34. The molecule has 2 aromatic carbocycles. The van der Waals surface area contributed by atoms with E-state index in [1.807, 2.05) is 37.2 Å². The second-order valence-electron chi connectivity index (χ2n) is 7.28. The normalized spacial score (nSPS) is 12.2. The molecule has 0 saturated heterocycles. The van der Waals surface area contributed by atoms with Gasteiger partial charge in [0.05, 0.1) is 16.3 Å². The maximum atomic E-state index is 5.91. The number of imidazole rings is 1. The van der Waals surface area contributed by atoms with Crippen LogP contribution in [0.25, 0.3) is 11.0 Å². The van der Waals surface area contributed by atoms with E-state index < -0.39 is 0 Å². The summed E-state index contributed by atoms with van der Waals surface area (Å²) in [4.78, 5) is 19.8. The van der Waals surface area contributed by atoms with Crippen molar-refractivity contribution in [3.63, 3.8) is 0 Å². The van der Waals surface area contributed by atoms with E-state index in [9.17, 15) is 0 Å². The van der Waals surface area contributed by atoms with Crippen LogP contribution in [0.3, 0.4) is 0 Å². The van der Waals surface area contributed by atoms with Crippen LogP contribution in [0.4, 0.5) is 11.9 Å². The Kier molecular flexibility index (Phi) is 5.85. The molecule has 2 heterocycles. The first-order valence-electron chi connectivity index (χ1n) is 9.86. The summed E-state index contributed by atoms with van der Waals surface area (Å²) < 4.78 is 2.28. The quantitative estimate of drug-likeness (QED) is 0.454. The number of nitrogen functional groups attached to an aromatic ring is 1. The molecule has 154 valence electrons. The van der Waals surface area contributed by atoms with Gasteiger partial charge in [0.25, 0.3) is 0 Å². The van der Waals surface area contributed by atoms with Crippen LogP contribution in [-0.2, 0) is 13.0 Å². The summed E-state index contributed by atoms with van der Waals surface area (Å²) in [6.45, 7) is 2.92. The minimum atomic E-state index is -0.0266. The second-order valence-corrected chi connectivity index (χ2v) is 8.58. The van der Waals surface area contributed by atoms with Crippen LogP contribution in [0.15, 0.2) is 59.8 Å². The van der Waals surface area contributed by atoms with Crippen LogP contribution < -0.4 is 10.6 Å². The largest absolute Gasteiger partial charge is 0.368 e. The topological polar surface area (TPSA) is 85.8 Å². The monoisotopic (exact) mass is 419 g/mol. The average molecular weight is 420 g/mol. The van der Waals surface area contributed by atoms with Crippen molar-refractivity contribution in [3.05, 3.63) is 66.0 Å². The molecule has 7 nitrogen and oxygen atoms in total. The molecule has 0 radical (unpaired) electrons. The van der Waals surface area contributed by atoms with Crippen LogP contribution in [0.2, 0.25) is 0 Å². The van der Waals surface area contributed by atoms with Crippen molar-refractivity contribution >= 4 is 34.7 Å². The lowest BCUT2D eigenvalue weighted by molar-refractivity contribution is 0.650. The fraction of sp³-hybridized carbons (Fsp3) is 0.273. The molecule has 0 fully saturated rings. The summed E-state index contributed by atoms with van der Waals surface area (Å²) >= 11 is 1.64. The van der Waals surface area contributed by atoms with Gasteiger partial charge in [-0.1, -0.05) is 54.2 Å². The van der Waals surface area contributed by atoms with Crippen molar-refractivity contribution in [1.29, 1.82) is 0 Å². The molecule has 1 atom stereocenters. The van der Waals surface area contributed by atoms with E-state index in [0.717, 1.165) is 29.2 Å². The number of rotatable bonds is 7. The number of aromatic nitrogens is 5. The molecular weight excluding hydrogens is 394 g/mol. The Morgan fingerprint density at radius 3 is 2.47 bits per heavy atom. The third kappa shape index (κ3) is 4.38. The lowest BCUT2D eigenvalue weighted by atomic mass is 10.1. The number of hydrogen-bond acceptors (Lipinski definition) is 7. The van der Waals surface area contributed by atoms with Gasteiger partial charge in [0, 0.05) is 20.6 Å². The summed E-state index contributed by atoms with van der Waals surface area (Å²) in [6.07, 6.45) is 0.937. The zero-order valence-electron chi connectivity index (χ0n) is 17.4. The molecule has 30 heavy (non-hydrogen) atoms. The number of nitrogens with zero attached hydrogens (tertiary/aromatic N) is 6. The first kappa shape index (κ1) is 20.2. The van der Waals surface area contributed by atoms with E-state index in [1.165, 1.54) is 5.56 Å². The molecule has 2 N–H and O–H groups in total. The van der Waals surface area contributed by atoms with E-state index >= 15 is 0 Å². The zero-order valence-corrected chi connectivity index (χ0v) is 18.2. The fourth-order valence-corrected chi connectivity index (χ4v) is 4.23. The number of fused-ring (bicyclic) bond motifs is 1. The fourth-order valence-electron chi connectivity index (χ4n) is 3.23. The number of hydrogen-bond donors (Lipinski definition) is 1. The highest BCUT2D eigenvalue weighted by Gasteiger charge is 2.19. The van der Waals surface area contributed by atoms with Crippen LogP contribution in [0.1, 0.15) is 23.6 Å². The van der Waals surface area contributed by atoms with Crippen molar-refractivity contribution in [2.24, 2.45) is 0 Å². The molecule has 2 aromatic heterocycles. The summed E-state index contributed by atoms with van der Waals surface area (Å²) in [7, 11) is 3.78. The number of para-hydroxylation sites is 2. The standard InChI is InChI=1S/C22H25N7S/c1-15(19-25-20(23)27-21(26-19)28(2)3)30-22-24-17-11-7-8-12-18(17)29(22)14-13-16-9-5-4-6-10-16/h4-12,15H,13-14H2,1-3H3,(H2,23,25,26,27). The van der Waals surface area contributed by atoms with Crippen molar-refractivity contribution < 1.29 is 0 Å². The van der Waals surface area contributed by atoms with E-state index in [4.69, 9.17) is 10.7 Å². The van der Waals surface area contributed by atoms with Crippen molar-refractivity contribution in [2.75, 3.05) is 24.7 Å². The van der Waals surface area contributed by atoms with Gasteiger partial charge in [0.2, 0.25) is 11.9 Å². The number of anilines is 2. The molecule has 0 aliphatic heterocycles. The summed E-state index contributed by atoms with van der Waals surface area (Å²) in [5.74, 6) is 1.44. The Bertz CT molecular complexity index is 1140. The van der Waals surface area contributed by atoms with Crippen LogP contribution in [0.5, 0.6) is 0 Å². The van der Waals surface area contributed by atoms with Crippen molar-refractivity contribution in [2.45, 2.75) is 30.3 Å². The Balaban J connectivity index is 1.63. The van der Waals surface area contributed by atoms with E-state index in [1.54, 1.807) is 11.8 Å². The molecule has 0 bridgehead atoms. The molecule has 0 saturated carbocycles. The maximum Gasteiger partial charge on any atom is 0.229 e. The molecule has 0 aliphatic rings. The Morgan fingerprint density at radius 2 is 1.70 bits per heavy atom. The third-order valence-electron chi connectivity index (χ3n) is 4.79. The smallest absolute Gasteiger partial charge is 0.229 e. The lowest BCUT2D eigenvalue weighted by Gasteiger charge is -2.15. The number of aryl methyl sites for hydroxylation is 2. The number of nitrogens with two attached hydrogens (primary N) is 1. The van der Waals surface area contributed by atoms with Gasteiger partial charge in [-0.2, -0.15) is 15.0 Å². The second kappa shape index (κ2) is 8.71. The molecule has 0 amide bonds. The van der Waals surface area contributed by atoms with Gasteiger partial charge in [-0.25, -0.2) is 4.98 Å². The third-order valence-corrected chi connectivity index (χ3v) is 5.88. The van der Waals surface area contributed by atoms with Crippen molar-refractivity contribution in [3.8, 4) is 0 Å². The first-order valence-corrected chi connectivity index (χ1v) is 10.7. The van der Waals surface area contributed by atoms with Crippen LogP contribution in [-0.4, -0.2) is 38.6 Å². The van der Waals surface area contributed by atoms with E-state index in [0.29, 0.717) is 11.8 Å². The minimum absolute atomic E-state index is 0.0266. The van der Waals surface area contributed by atoms with Gasteiger partial charge < -0.3 is 15.2 Å². The minimum Gasteiger partial charge on any atom is -0.368 e. The first-order chi connectivity index (χ1) is 14.5. The van der Waals surface area contributed by atoms with Gasteiger partial charge in [0.15, 0.2) is 5.16 Å². The average Bonchev–Trinajstić information content (AvgIpc) is 3.09.